The lowest BCUT2D eigenvalue weighted by Gasteiger charge is -2.14. The van der Waals surface area contributed by atoms with E-state index in [0.29, 0.717) is 13.0 Å². The van der Waals surface area contributed by atoms with Gasteiger partial charge in [-0.05, 0) is 0 Å². The highest BCUT2D eigenvalue weighted by atomic mass is 16.5. The largest absolute Gasteiger partial charge is 0.480 e. The van der Waals surface area contributed by atoms with E-state index in [9.17, 15) is 14.4 Å². The van der Waals surface area contributed by atoms with Crippen LogP contribution >= 0.6 is 0 Å². The molecule has 0 aliphatic heterocycles. The standard InChI is InChI=1S/C12H18N4O5/c1-16-6-5-13-9(16)3-4-14-12(20)15-8(11(18)19)7-10(17)21-2/h5-6,8H,3-4,7H2,1-2H3,(H,18,19)(H2,14,15,20)/t8-/m0/s1. The zero-order chi connectivity index (χ0) is 15.8. The van der Waals surface area contributed by atoms with Crippen LogP contribution < -0.4 is 10.6 Å². The number of methoxy groups -OCH3 is 1. The highest BCUT2D eigenvalue weighted by Crippen LogP contribution is 1.96. The molecule has 1 atom stereocenters. The molecule has 116 valence electrons. The maximum absolute atomic E-state index is 11.6. The fraction of sp³-hybridized carbons (Fsp3) is 0.500. The number of esters is 1. The molecule has 9 heteroatoms. The van der Waals surface area contributed by atoms with E-state index in [1.807, 2.05) is 11.6 Å². The fourth-order valence-electron chi connectivity index (χ4n) is 1.58. The summed E-state index contributed by atoms with van der Waals surface area (Å²) in [6.07, 6.45) is 3.50. The molecular weight excluding hydrogens is 280 g/mol. The number of nitrogens with one attached hydrogen (secondary N) is 2. The summed E-state index contributed by atoms with van der Waals surface area (Å²) >= 11 is 0. The van der Waals surface area contributed by atoms with Crippen molar-refractivity contribution in [2.75, 3.05) is 13.7 Å². The molecule has 0 radical (unpaired) electrons. The Balaban J connectivity index is 2.38. The van der Waals surface area contributed by atoms with Crippen LogP contribution in [0.25, 0.3) is 0 Å². The summed E-state index contributed by atoms with van der Waals surface area (Å²) in [6, 6.07) is -1.99. The second-order valence-corrected chi connectivity index (χ2v) is 4.28. The SMILES string of the molecule is COC(=O)C[C@H](NC(=O)NCCc1nccn1C)C(=O)O. The van der Waals surface area contributed by atoms with Gasteiger partial charge in [0, 0.05) is 32.4 Å². The lowest BCUT2D eigenvalue weighted by Crippen LogP contribution is -2.47. The molecule has 9 nitrogen and oxygen atoms in total. The average Bonchev–Trinajstić information content (AvgIpc) is 2.83. The lowest BCUT2D eigenvalue weighted by atomic mass is 10.2. The van der Waals surface area contributed by atoms with Crippen LogP contribution in [-0.2, 0) is 27.8 Å². The van der Waals surface area contributed by atoms with E-state index in [-0.39, 0.29) is 0 Å². The Morgan fingerprint density at radius 3 is 2.71 bits per heavy atom. The molecule has 2 amide bonds. The number of ether oxygens (including phenoxy) is 1. The van der Waals surface area contributed by atoms with Crippen molar-refractivity contribution in [3.8, 4) is 0 Å². The monoisotopic (exact) mass is 298 g/mol. The number of rotatable bonds is 7. The van der Waals surface area contributed by atoms with E-state index < -0.39 is 30.4 Å². The highest BCUT2D eigenvalue weighted by Gasteiger charge is 2.23. The molecule has 1 aromatic heterocycles. The molecule has 21 heavy (non-hydrogen) atoms. The molecule has 1 rings (SSSR count). The van der Waals surface area contributed by atoms with Crippen molar-refractivity contribution in [1.29, 1.82) is 0 Å². The first-order chi connectivity index (χ1) is 9.93. The number of aliphatic carboxylic acids is 1. The molecule has 0 spiro atoms. The van der Waals surface area contributed by atoms with E-state index in [1.54, 1.807) is 12.4 Å². The van der Waals surface area contributed by atoms with Gasteiger partial charge in [0.2, 0.25) is 0 Å². The number of nitrogens with zero attached hydrogens (tertiary/aromatic N) is 2. The van der Waals surface area contributed by atoms with Gasteiger partial charge in [-0.3, -0.25) is 4.79 Å². The van der Waals surface area contributed by atoms with Crippen LogP contribution in [0, 0.1) is 0 Å². The Kier molecular flexibility index (Phi) is 6.18. The van der Waals surface area contributed by atoms with Crippen LogP contribution in [0.2, 0.25) is 0 Å². The van der Waals surface area contributed by atoms with Gasteiger partial charge >= 0.3 is 18.0 Å². The highest BCUT2D eigenvalue weighted by molar-refractivity contribution is 5.86. The van der Waals surface area contributed by atoms with E-state index >= 15 is 0 Å². The zero-order valence-corrected chi connectivity index (χ0v) is 11.8. The van der Waals surface area contributed by atoms with Gasteiger partial charge in [0.25, 0.3) is 0 Å². The molecule has 0 saturated carbocycles. The summed E-state index contributed by atoms with van der Waals surface area (Å²) in [5.41, 5.74) is 0. The number of aromatic nitrogens is 2. The van der Waals surface area contributed by atoms with E-state index in [4.69, 9.17) is 5.11 Å². The summed E-state index contributed by atoms with van der Waals surface area (Å²) in [5, 5.41) is 13.6. The number of carbonyl (C=O) groups excluding carboxylic acids is 2. The number of carbonyl (C=O) groups is 3. The van der Waals surface area contributed by atoms with Crippen molar-refractivity contribution >= 4 is 18.0 Å². The first-order valence-electron chi connectivity index (χ1n) is 6.24. The topological polar surface area (TPSA) is 123 Å². The number of imidazole rings is 1. The van der Waals surface area contributed by atoms with Crippen molar-refractivity contribution in [3.63, 3.8) is 0 Å². The van der Waals surface area contributed by atoms with Gasteiger partial charge in [0.05, 0.1) is 13.5 Å². The van der Waals surface area contributed by atoms with Crippen LogP contribution in [0.5, 0.6) is 0 Å². The Hall–Kier alpha value is -2.58. The van der Waals surface area contributed by atoms with E-state index in [2.05, 4.69) is 20.4 Å². The molecule has 0 saturated heterocycles. The summed E-state index contributed by atoms with van der Waals surface area (Å²) in [5.74, 6) is -1.23. The average molecular weight is 298 g/mol. The maximum atomic E-state index is 11.6. The van der Waals surface area contributed by atoms with Gasteiger partial charge in [-0.2, -0.15) is 0 Å². The first-order valence-corrected chi connectivity index (χ1v) is 6.24. The van der Waals surface area contributed by atoms with Crippen molar-refractivity contribution < 1.29 is 24.2 Å². The molecule has 0 bridgehead atoms. The zero-order valence-electron chi connectivity index (χ0n) is 11.8. The molecule has 1 aromatic rings. The van der Waals surface area contributed by atoms with Gasteiger partial charge in [-0.25, -0.2) is 14.6 Å². The third-order valence-electron chi connectivity index (χ3n) is 2.76. The number of urea groups is 1. The molecule has 1 heterocycles. The van der Waals surface area contributed by atoms with Crippen molar-refractivity contribution in [2.24, 2.45) is 7.05 Å². The number of carboxylic acids is 1. The smallest absolute Gasteiger partial charge is 0.326 e. The summed E-state index contributed by atoms with van der Waals surface area (Å²) < 4.78 is 6.19. The third-order valence-corrected chi connectivity index (χ3v) is 2.76. The second-order valence-electron chi connectivity index (χ2n) is 4.28. The number of hydrogen-bond acceptors (Lipinski definition) is 5. The van der Waals surface area contributed by atoms with Crippen molar-refractivity contribution in [1.82, 2.24) is 20.2 Å². The summed E-state index contributed by atoms with van der Waals surface area (Å²) in [6.45, 7) is 0.293. The minimum Gasteiger partial charge on any atom is -0.480 e. The van der Waals surface area contributed by atoms with Gasteiger partial charge in [-0.15, -0.1) is 0 Å². The van der Waals surface area contributed by atoms with Crippen molar-refractivity contribution in [3.05, 3.63) is 18.2 Å². The van der Waals surface area contributed by atoms with Crippen molar-refractivity contribution in [2.45, 2.75) is 18.9 Å². The van der Waals surface area contributed by atoms with Crippen LogP contribution in [0.3, 0.4) is 0 Å². The molecule has 3 N–H and O–H groups in total. The van der Waals surface area contributed by atoms with E-state index in [0.717, 1.165) is 12.9 Å². The second kappa shape index (κ2) is 7.88. The molecule has 0 aromatic carbocycles. The fourth-order valence-corrected chi connectivity index (χ4v) is 1.58. The minimum absolute atomic E-state index is 0.293. The maximum Gasteiger partial charge on any atom is 0.326 e. The number of amides is 2. The lowest BCUT2D eigenvalue weighted by molar-refractivity contribution is -0.147. The molecular formula is C12H18N4O5. The summed E-state index contributed by atoms with van der Waals surface area (Å²) in [4.78, 5) is 37.6. The van der Waals surface area contributed by atoms with Crippen LogP contribution in [-0.4, -0.2) is 52.3 Å². The molecule has 0 aliphatic rings. The minimum atomic E-state index is -1.33. The molecule has 0 fully saturated rings. The van der Waals surface area contributed by atoms with Crippen LogP contribution in [0.4, 0.5) is 4.79 Å². The van der Waals surface area contributed by atoms with Gasteiger partial charge in [0.15, 0.2) is 0 Å². The Labute approximate surface area is 121 Å². The van der Waals surface area contributed by atoms with Gasteiger partial charge < -0.3 is 25.0 Å². The van der Waals surface area contributed by atoms with Gasteiger partial charge in [-0.1, -0.05) is 0 Å². The molecule has 0 aliphatic carbocycles. The number of hydrogen-bond donors (Lipinski definition) is 3. The predicted octanol–water partition coefficient (Wildman–Crippen LogP) is -0.722. The summed E-state index contributed by atoms with van der Waals surface area (Å²) in [7, 11) is 2.98. The Bertz CT molecular complexity index is 514. The quantitative estimate of drug-likeness (QED) is 0.571. The van der Waals surface area contributed by atoms with E-state index in [1.165, 1.54) is 0 Å². The normalized spacial score (nSPS) is 11.5. The number of carboxylic acid groups (broad SMARTS) is 1. The third kappa shape index (κ3) is 5.51. The van der Waals surface area contributed by atoms with Crippen LogP contribution in [0.15, 0.2) is 12.4 Å². The van der Waals surface area contributed by atoms with Crippen LogP contribution in [0.1, 0.15) is 12.2 Å². The predicted molar refractivity (Wildman–Crippen MR) is 71.5 cm³/mol. The number of aryl methyl sites for hydroxylation is 1. The molecule has 0 unspecified atom stereocenters. The Morgan fingerprint density at radius 1 is 1.48 bits per heavy atom. The van der Waals surface area contributed by atoms with Gasteiger partial charge in [0.1, 0.15) is 11.9 Å². The first kappa shape index (κ1) is 16.5. The Morgan fingerprint density at radius 2 is 2.19 bits per heavy atom.